The van der Waals surface area contributed by atoms with Gasteiger partial charge in [0.2, 0.25) is 0 Å². The highest BCUT2D eigenvalue weighted by Crippen LogP contribution is 2.61. The zero-order chi connectivity index (χ0) is 18.4. The fourth-order valence-corrected chi connectivity index (χ4v) is 8.95. The molecule has 0 heterocycles. The molecule has 0 saturated carbocycles. The minimum atomic E-state index is -0.693. The maximum absolute atomic E-state index is 3.84. The largest absolute Gasteiger partial charge is 0.0985 e. The second-order valence-electron chi connectivity index (χ2n) is 7.70. The number of rotatable bonds is 15. The predicted octanol–water partition coefficient (Wildman–Crippen LogP) is 8.07. The summed E-state index contributed by atoms with van der Waals surface area (Å²) in [5.41, 5.74) is 2.72. The normalized spacial score (nSPS) is 11.6. The average molecular weight is 362 g/mol. The van der Waals surface area contributed by atoms with Gasteiger partial charge < -0.3 is 0 Å². The van der Waals surface area contributed by atoms with Crippen molar-refractivity contribution in [2.45, 2.75) is 78.6 Å². The molecule has 0 amide bonds. The van der Waals surface area contributed by atoms with Gasteiger partial charge in [-0.3, -0.25) is 0 Å². The number of benzene rings is 1. The van der Waals surface area contributed by atoms with Crippen LogP contribution < -0.4 is 0 Å². The van der Waals surface area contributed by atoms with Gasteiger partial charge in [0, 0.05) is 7.26 Å². The van der Waals surface area contributed by atoms with E-state index in [1.54, 1.807) is 24.6 Å². The van der Waals surface area contributed by atoms with Crippen molar-refractivity contribution < 1.29 is 0 Å². The molecule has 0 N–H and O–H groups in total. The first kappa shape index (κ1) is 22.4. The molecule has 142 valence electrons. The van der Waals surface area contributed by atoms with E-state index < -0.39 is 7.26 Å². The van der Waals surface area contributed by atoms with Crippen molar-refractivity contribution >= 4 is 13.3 Å². The van der Waals surface area contributed by atoms with E-state index in [4.69, 9.17) is 0 Å². The van der Waals surface area contributed by atoms with Gasteiger partial charge in [-0.1, -0.05) is 77.0 Å². The Morgan fingerprint density at radius 1 is 0.720 bits per heavy atom. The Morgan fingerprint density at radius 2 is 1.20 bits per heavy atom. The number of unbranched alkanes of at least 4 members (excludes halogenated alkanes) is 4. The highest BCUT2D eigenvalue weighted by atomic mass is 31.2. The van der Waals surface area contributed by atoms with Crippen molar-refractivity contribution in [2.24, 2.45) is 0 Å². The third kappa shape index (κ3) is 9.05. The fourth-order valence-electron chi connectivity index (χ4n) is 3.75. The SMILES string of the molecule is C=Cc1ccc(CCCC[P+](CCCC)(CCCC)CCCC)cc1. The molecule has 1 aromatic carbocycles. The summed E-state index contributed by atoms with van der Waals surface area (Å²) in [5, 5.41) is 0. The highest BCUT2D eigenvalue weighted by molar-refractivity contribution is 7.75. The molecule has 0 aliphatic heterocycles. The lowest BCUT2D eigenvalue weighted by Gasteiger charge is -2.28. The van der Waals surface area contributed by atoms with Crippen LogP contribution in [0.25, 0.3) is 6.08 Å². The smallest absolute Gasteiger partial charge is 0.0594 e. The summed E-state index contributed by atoms with van der Waals surface area (Å²) in [6.07, 6.45) is 20.7. The summed E-state index contributed by atoms with van der Waals surface area (Å²) >= 11 is 0. The summed E-state index contributed by atoms with van der Waals surface area (Å²) in [6.45, 7) is 10.9. The Balaban J connectivity index is 2.53. The van der Waals surface area contributed by atoms with Crippen molar-refractivity contribution in [3.05, 3.63) is 42.0 Å². The predicted molar refractivity (Wildman–Crippen MR) is 121 cm³/mol. The van der Waals surface area contributed by atoms with Crippen LogP contribution >= 0.6 is 7.26 Å². The number of hydrogen-bond donors (Lipinski definition) is 0. The van der Waals surface area contributed by atoms with E-state index in [1.807, 2.05) is 6.08 Å². The van der Waals surface area contributed by atoms with Crippen LogP contribution in [0.5, 0.6) is 0 Å². The minimum Gasteiger partial charge on any atom is -0.0985 e. The molecule has 0 atom stereocenters. The molecule has 0 fully saturated rings. The molecule has 0 aliphatic rings. The molecule has 1 aromatic rings. The minimum absolute atomic E-state index is 0.693. The van der Waals surface area contributed by atoms with Gasteiger partial charge in [0.15, 0.2) is 0 Å². The van der Waals surface area contributed by atoms with E-state index in [0.717, 1.165) is 0 Å². The first-order chi connectivity index (χ1) is 12.2. The molecular weight excluding hydrogens is 319 g/mol. The summed E-state index contributed by atoms with van der Waals surface area (Å²) in [7, 11) is -0.693. The maximum atomic E-state index is 3.84. The Labute approximate surface area is 158 Å². The van der Waals surface area contributed by atoms with Gasteiger partial charge in [-0.15, -0.1) is 0 Å². The highest BCUT2D eigenvalue weighted by Gasteiger charge is 2.34. The van der Waals surface area contributed by atoms with Gasteiger partial charge in [-0.25, -0.2) is 0 Å². The maximum Gasteiger partial charge on any atom is 0.0594 e. The number of aryl methyl sites for hydroxylation is 1. The van der Waals surface area contributed by atoms with Crippen molar-refractivity contribution in [2.75, 3.05) is 24.6 Å². The van der Waals surface area contributed by atoms with Crippen LogP contribution in [0.15, 0.2) is 30.8 Å². The molecule has 0 bridgehead atoms. The van der Waals surface area contributed by atoms with E-state index >= 15 is 0 Å². The lowest BCUT2D eigenvalue weighted by atomic mass is 10.1. The second kappa shape index (κ2) is 13.6. The average Bonchev–Trinajstić information content (AvgIpc) is 2.66. The quantitative estimate of drug-likeness (QED) is 0.219. The standard InChI is InChI=1S/C24H42P/c1-5-9-19-25(20-10-6-2,21-11-7-3)22-13-12-14-24-17-15-23(8-4)16-18-24/h8,15-18H,4-7,9-14,19-22H2,1-3H3/q+1. The molecule has 0 unspecified atom stereocenters. The topological polar surface area (TPSA) is 0 Å². The molecule has 0 nitrogen and oxygen atoms in total. The second-order valence-corrected chi connectivity index (χ2v) is 12.2. The molecule has 1 rings (SSSR count). The lowest BCUT2D eigenvalue weighted by molar-refractivity contribution is 0.778. The van der Waals surface area contributed by atoms with E-state index in [2.05, 4.69) is 51.6 Å². The van der Waals surface area contributed by atoms with E-state index in [-0.39, 0.29) is 0 Å². The molecular formula is C24H42P+. The number of hydrogen-bond acceptors (Lipinski definition) is 0. The first-order valence-corrected chi connectivity index (χ1v) is 13.3. The summed E-state index contributed by atoms with van der Waals surface area (Å²) < 4.78 is 0. The van der Waals surface area contributed by atoms with E-state index in [1.165, 1.54) is 68.9 Å². The van der Waals surface area contributed by atoms with Gasteiger partial charge in [0.1, 0.15) is 0 Å². The van der Waals surface area contributed by atoms with Crippen LogP contribution in [0.4, 0.5) is 0 Å². The zero-order valence-electron chi connectivity index (χ0n) is 17.2. The monoisotopic (exact) mass is 361 g/mol. The van der Waals surface area contributed by atoms with Crippen LogP contribution in [0.3, 0.4) is 0 Å². The van der Waals surface area contributed by atoms with Crippen LogP contribution in [-0.2, 0) is 6.42 Å². The molecule has 0 aromatic heterocycles. The van der Waals surface area contributed by atoms with Crippen LogP contribution in [0.1, 0.15) is 83.3 Å². The van der Waals surface area contributed by atoms with Crippen molar-refractivity contribution in [3.63, 3.8) is 0 Å². The van der Waals surface area contributed by atoms with Gasteiger partial charge >= 0.3 is 0 Å². The van der Waals surface area contributed by atoms with E-state index in [9.17, 15) is 0 Å². The van der Waals surface area contributed by atoms with Gasteiger partial charge in [0.05, 0.1) is 24.6 Å². The molecule has 0 aliphatic carbocycles. The van der Waals surface area contributed by atoms with E-state index in [0.29, 0.717) is 0 Å². The molecule has 0 radical (unpaired) electrons. The Bertz CT molecular complexity index is 424. The van der Waals surface area contributed by atoms with Crippen LogP contribution in [0, 0.1) is 0 Å². The van der Waals surface area contributed by atoms with Gasteiger partial charge in [0.25, 0.3) is 0 Å². The Hall–Kier alpha value is -0.610. The van der Waals surface area contributed by atoms with Crippen molar-refractivity contribution in [1.29, 1.82) is 0 Å². The van der Waals surface area contributed by atoms with Crippen molar-refractivity contribution in [1.82, 2.24) is 0 Å². The van der Waals surface area contributed by atoms with Crippen LogP contribution in [0.2, 0.25) is 0 Å². The van der Waals surface area contributed by atoms with Crippen molar-refractivity contribution in [3.8, 4) is 0 Å². The molecule has 25 heavy (non-hydrogen) atoms. The third-order valence-electron chi connectivity index (χ3n) is 5.52. The molecule has 1 heteroatoms. The van der Waals surface area contributed by atoms with Gasteiger partial charge in [-0.05, 0) is 49.7 Å². The summed E-state index contributed by atoms with van der Waals surface area (Å²) in [6, 6.07) is 8.96. The third-order valence-corrected chi connectivity index (χ3v) is 10.6. The summed E-state index contributed by atoms with van der Waals surface area (Å²) in [4.78, 5) is 0. The zero-order valence-corrected chi connectivity index (χ0v) is 18.1. The Morgan fingerprint density at radius 3 is 1.64 bits per heavy atom. The lowest BCUT2D eigenvalue weighted by Crippen LogP contribution is -2.13. The first-order valence-electron chi connectivity index (χ1n) is 10.8. The molecule has 0 saturated heterocycles. The Kier molecular flexibility index (Phi) is 12.2. The van der Waals surface area contributed by atoms with Gasteiger partial charge in [-0.2, -0.15) is 0 Å². The van der Waals surface area contributed by atoms with Crippen LogP contribution in [-0.4, -0.2) is 24.6 Å². The molecule has 0 spiro atoms. The fraction of sp³-hybridized carbons (Fsp3) is 0.667. The summed E-state index contributed by atoms with van der Waals surface area (Å²) in [5.74, 6) is 0.